The fourth-order valence-corrected chi connectivity index (χ4v) is 2.04. The summed E-state index contributed by atoms with van der Waals surface area (Å²) in [5.41, 5.74) is 2.64. The Morgan fingerprint density at radius 2 is 2.06 bits per heavy atom. The second kappa shape index (κ2) is 6.23. The van der Waals surface area contributed by atoms with Gasteiger partial charge in [0.05, 0.1) is 0 Å². The summed E-state index contributed by atoms with van der Waals surface area (Å²) in [4.78, 5) is 10.3. The van der Waals surface area contributed by atoms with E-state index in [1.165, 1.54) is 16.2 Å². The fraction of sp³-hybridized carbons (Fsp3) is 0.250. The summed E-state index contributed by atoms with van der Waals surface area (Å²) in [6.45, 7) is 3.24. The average Bonchev–Trinajstić information content (AvgIpc) is 2.27. The molecule has 0 saturated carbocycles. The number of benzene rings is 1. The highest BCUT2D eigenvalue weighted by atomic mass is 32.2. The molecule has 1 aliphatic rings. The van der Waals surface area contributed by atoms with Crippen molar-refractivity contribution in [2.45, 2.75) is 25.2 Å². The molecule has 1 aromatic carbocycles. The van der Waals surface area contributed by atoms with Crippen LogP contribution in [-0.4, -0.2) is 11.1 Å². The van der Waals surface area contributed by atoms with E-state index in [-0.39, 0.29) is 0 Å². The molecule has 16 heavy (non-hydrogen) atoms. The predicted octanol–water partition coefficient (Wildman–Crippen LogP) is 3.14. The monoisotopic (exact) mass is 237 g/mol. The van der Waals surface area contributed by atoms with Gasteiger partial charge < -0.3 is 9.83 Å². The molecule has 0 radical (unpaired) electrons. The van der Waals surface area contributed by atoms with Gasteiger partial charge in [-0.2, -0.15) is 0 Å². The highest BCUT2D eigenvalue weighted by Gasteiger charge is 2.07. The Balaban J connectivity index is 0.000000280. The summed E-state index contributed by atoms with van der Waals surface area (Å²) in [6.07, 6.45) is 3.28. The van der Waals surface area contributed by atoms with Crippen molar-refractivity contribution in [3.8, 4) is 0 Å². The minimum atomic E-state index is -0.833. The molecule has 0 bridgehead atoms. The number of rotatable bonds is 1. The number of fused-ring (bicyclic) bond motifs is 1. The van der Waals surface area contributed by atoms with Crippen LogP contribution in [-0.2, 0) is 4.79 Å². The van der Waals surface area contributed by atoms with Crippen LogP contribution in [0.2, 0.25) is 0 Å². The van der Waals surface area contributed by atoms with E-state index < -0.39 is 5.97 Å². The van der Waals surface area contributed by atoms with Crippen molar-refractivity contribution >= 4 is 24.0 Å². The molecule has 0 amide bonds. The molecule has 2 N–H and O–H groups in total. The molecule has 0 atom stereocenters. The fourth-order valence-electron chi connectivity index (χ4n) is 1.20. The molecular weight excluding hydrogens is 222 g/mol. The van der Waals surface area contributed by atoms with E-state index in [0.29, 0.717) is 0 Å². The molecule has 4 heteroatoms. The van der Waals surface area contributed by atoms with E-state index in [9.17, 15) is 0 Å². The maximum absolute atomic E-state index is 9.00. The van der Waals surface area contributed by atoms with E-state index in [4.69, 9.17) is 9.90 Å². The molecule has 0 unspecified atom stereocenters. The van der Waals surface area contributed by atoms with Gasteiger partial charge in [0.2, 0.25) is 0 Å². The zero-order valence-corrected chi connectivity index (χ0v) is 10.2. The van der Waals surface area contributed by atoms with Crippen molar-refractivity contribution in [3.05, 3.63) is 35.5 Å². The highest BCUT2D eigenvalue weighted by Crippen LogP contribution is 2.28. The summed E-state index contributed by atoms with van der Waals surface area (Å²) >= 11 is 1.70. The maximum Gasteiger partial charge on any atom is 0.300 e. The minimum absolute atomic E-state index is 0.833. The maximum atomic E-state index is 9.00. The van der Waals surface area contributed by atoms with Crippen LogP contribution in [0, 0.1) is 0 Å². The number of nitrogens with one attached hydrogen (secondary N) is 1. The van der Waals surface area contributed by atoms with Gasteiger partial charge in [-0.15, -0.1) is 0 Å². The first-order chi connectivity index (χ1) is 7.63. The second-order valence-corrected chi connectivity index (χ2v) is 4.13. The van der Waals surface area contributed by atoms with Crippen LogP contribution in [0.5, 0.6) is 0 Å². The van der Waals surface area contributed by atoms with Crippen LogP contribution in [0.3, 0.4) is 0 Å². The van der Waals surface area contributed by atoms with E-state index >= 15 is 0 Å². The standard InChI is InChI=1S/C10H11NS.C2H4O2/c1-2-9-7-8-5-3-4-6-10(8)12-11-9;1-2(3)4/h3-7,11H,2H2,1H3;1H3,(H,3,4). The van der Waals surface area contributed by atoms with E-state index in [0.717, 1.165) is 13.3 Å². The molecule has 0 spiro atoms. The Morgan fingerprint density at radius 1 is 1.44 bits per heavy atom. The molecule has 0 saturated heterocycles. The van der Waals surface area contributed by atoms with Gasteiger partial charge in [-0.05, 0) is 36.1 Å². The first-order valence-electron chi connectivity index (χ1n) is 5.05. The van der Waals surface area contributed by atoms with Crippen LogP contribution < -0.4 is 4.72 Å². The summed E-state index contributed by atoms with van der Waals surface area (Å²) in [5.74, 6) is -0.833. The molecular formula is C12H15NO2S. The van der Waals surface area contributed by atoms with Gasteiger partial charge in [0, 0.05) is 17.5 Å². The van der Waals surface area contributed by atoms with E-state index in [2.05, 4.69) is 42.0 Å². The highest BCUT2D eigenvalue weighted by molar-refractivity contribution is 7.97. The number of allylic oxidation sites excluding steroid dienone is 1. The summed E-state index contributed by atoms with van der Waals surface area (Å²) in [6, 6.07) is 8.43. The van der Waals surface area contributed by atoms with Gasteiger partial charge in [0.25, 0.3) is 5.97 Å². The van der Waals surface area contributed by atoms with Crippen molar-refractivity contribution < 1.29 is 9.90 Å². The topological polar surface area (TPSA) is 49.3 Å². The quantitative estimate of drug-likeness (QED) is 0.737. The minimum Gasteiger partial charge on any atom is -0.481 e. The number of carboxylic acids is 1. The molecule has 3 nitrogen and oxygen atoms in total. The van der Waals surface area contributed by atoms with Crippen LogP contribution >= 0.6 is 11.9 Å². The Kier molecular flexibility index (Phi) is 4.92. The average molecular weight is 237 g/mol. The van der Waals surface area contributed by atoms with Gasteiger partial charge in [0.1, 0.15) is 0 Å². The first-order valence-corrected chi connectivity index (χ1v) is 5.87. The summed E-state index contributed by atoms with van der Waals surface area (Å²) in [5, 5.41) is 7.42. The molecule has 1 aliphatic heterocycles. The number of hydrogen-bond donors (Lipinski definition) is 2. The largest absolute Gasteiger partial charge is 0.481 e. The SMILES string of the molecule is CC(=O)O.CCC1=Cc2ccccc2SN1. The number of hydrogen-bond acceptors (Lipinski definition) is 3. The Bertz CT molecular complexity index is 398. The van der Waals surface area contributed by atoms with Crippen LogP contribution in [0.4, 0.5) is 0 Å². The van der Waals surface area contributed by atoms with Gasteiger partial charge in [0.15, 0.2) is 0 Å². The smallest absolute Gasteiger partial charge is 0.300 e. The van der Waals surface area contributed by atoms with Gasteiger partial charge in [-0.25, -0.2) is 0 Å². The van der Waals surface area contributed by atoms with Crippen LogP contribution in [0.1, 0.15) is 25.8 Å². The summed E-state index contributed by atoms with van der Waals surface area (Å²) < 4.78 is 3.30. The van der Waals surface area contributed by atoms with E-state index in [1.54, 1.807) is 11.9 Å². The molecule has 2 rings (SSSR count). The van der Waals surface area contributed by atoms with Gasteiger partial charge in [-0.3, -0.25) is 4.79 Å². The third-order valence-electron chi connectivity index (χ3n) is 1.92. The predicted molar refractivity (Wildman–Crippen MR) is 67.0 cm³/mol. The molecule has 1 aromatic rings. The number of carboxylic acid groups (broad SMARTS) is 1. The Hall–Kier alpha value is -1.42. The third kappa shape index (κ3) is 3.98. The number of aliphatic carboxylic acids is 1. The zero-order chi connectivity index (χ0) is 12.0. The lowest BCUT2D eigenvalue weighted by atomic mass is 10.2. The first kappa shape index (κ1) is 12.6. The van der Waals surface area contributed by atoms with Gasteiger partial charge in [-0.1, -0.05) is 25.1 Å². The van der Waals surface area contributed by atoms with Crippen molar-refractivity contribution in [1.29, 1.82) is 0 Å². The van der Waals surface area contributed by atoms with Crippen molar-refractivity contribution in [2.24, 2.45) is 0 Å². The molecule has 86 valence electrons. The zero-order valence-electron chi connectivity index (χ0n) is 9.36. The molecule has 0 fully saturated rings. The molecule has 1 heterocycles. The lowest BCUT2D eigenvalue weighted by Crippen LogP contribution is -2.06. The lowest BCUT2D eigenvalue weighted by Gasteiger charge is -2.15. The van der Waals surface area contributed by atoms with Crippen LogP contribution in [0.15, 0.2) is 34.9 Å². The molecule has 0 aromatic heterocycles. The Morgan fingerprint density at radius 3 is 2.69 bits per heavy atom. The van der Waals surface area contributed by atoms with Crippen molar-refractivity contribution in [1.82, 2.24) is 4.72 Å². The van der Waals surface area contributed by atoms with E-state index in [1.807, 2.05) is 0 Å². The number of carbonyl (C=O) groups is 1. The van der Waals surface area contributed by atoms with Crippen molar-refractivity contribution in [3.63, 3.8) is 0 Å². The Labute approximate surface area is 99.7 Å². The normalized spacial score (nSPS) is 12.5. The van der Waals surface area contributed by atoms with Gasteiger partial charge >= 0.3 is 0 Å². The van der Waals surface area contributed by atoms with Crippen LogP contribution in [0.25, 0.3) is 6.08 Å². The third-order valence-corrected chi connectivity index (χ3v) is 2.88. The summed E-state index contributed by atoms with van der Waals surface area (Å²) in [7, 11) is 0. The lowest BCUT2D eigenvalue weighted by molar-refractivity contribution is -0.134. The van der Waals surface area contributed by atoms with Crippen molar-refractivity contribution in [2.75, 3.05) is 0 Å². The second-order valence-electron chi connectivity index (χ2n) is 3.28. The molecule has 0 aliphatic carbocycles.